The van der Waals surface area contributed by atoms with Crippen molar-refractivity contribution in [3.05, 3.63) is 87.5 Å². The maximum atomic E-state index is 13.1. The summed E-state index contributed by atoms with van der Waals surface area (Å²) in [4.78, 5) is 13.2. The van der Waals surface area contributed by atoms with Gasteiger partial charge < -0.3 is 14.6 Å². The summed E-state index contributed by atoms with van der Waals surface area (Å²) in [6.45, 7) is 1.87. The van der Waals surface area contributed by atoms with E-state index >= 15 is 0 Å². The lowest BCUT2D eigenvalue weighted by Crippen LogP contribution is -2.23. The van der Waals surface area contributed by atoms with Crippen molar-refractivity contribution >= 4 is 22.1 Å². The largest absolute Gasteiger partial charge is 0.493 e. The number of aliphatic hydroxyl groups is 1. The highest BCUT2D eigenvalue weighted by molar-refractivity contribution is 7.94. The van der Waals surface area contributed by atoms with Crippen LogP contribution in [0.25, 0.3) is 12.3 Å². The van der Waals surface area contributed by atoms with Crippen molar-refractivity contribution in [3.8, 4) is 11.5 Å². The van der Waals surface area contributed by atoms with Gasteiger partial charge in [0.2, 0.25) is 9.84 Å². The maximum absolute atomic E-state index is 13.1. The number of benzene rings is 2. The lowest BCUT2D eigenvalue weighted by Gasteiger charge is -2.10. The minimum Gasteiger partial charge on any atom is -0.493 e. The Morgan fingerprint density at radius 1 is 1.03 bits per heavy atom. The summed E-state index contributed by atoms with van der Waals surface area (Å²) in [5, 5.41) is 10.2. The second-order valence-corrected chi connectivity index (χ2v) is 9.08. The van der Waals surface area contributed by atoms with E-state index in [1.807, 2.05) is 13.0 Å². The summed E-state index contributed by atoms with van der Waals surface area (Å²) in [5.74, 6) is 1.09. The van der Waals surface area contributed by atoms with Crippen molar-refractivity contribution < 1.29 is 23.0 Å². The summed E-state index contributed by atoms with van der Waals surface area (Å²) in [5.41, 5.74) is 1.79. The minimum atomic E-state index is -3.73. The molecule has 1 heterocycles. The van der Waals surface area contributed by atoms with E-state index < -0.39 is 15.5 Å². The van der Waals surface area contributed by atoms with Crippen molar-refractivity contribution in [2.75, 3.05) is 20.8 Å². The minimum absolute atomic E-state index is 0.141. The van der Waals surface area contributed by atoms with Crippen LogP contribution < -0.4 is 15.2 Å². The van der Waals surface area contributed by atoms with Crippen LogP contribution in [0.2, 0.25) is 0 Å². The van der Waals surface area contributed by atoms with E-state index in [2.05, 4.69) is 0 Å². The summed E-state index contributed by atoms with van der Waals surface area (Å²) in [7, 11) is -0.661. The Balaban J connectivity index is 1.98. The standard InChI is InChI=1S/C24H26N2O6S/c1-18-6-9-21(10-7-18)33(29,30)14-12-25-17-20(5-4-13-27)26(24(25)28)16-19-8-11-22(31-2)23(15-19)32-3/h4-12,14-15,17,27H,13,16H2,1-3H3/b5-4-,14-12+. The molecule has 1 aromatic heterocycles. The van der Waals surface area contributed by atoms with Gasteiger partial charge >= 0.3 is 5.69 Å². The second-order valence-electron chi connectivity index (χ2n) is 7.25. The summed E-state index contributed by atoms with van der Waals surface area (Å²) >= 11 is 0. The molecule has 9 heteroatoms. The van der Waals surface area contributed by atoms with Crippen molar-refractivity contribution in [1.82, 2.24) is 9.13 Å². The van der Waals surface area contributed by atoms with Crippen molar-refractivity contribution in [2.24, 2.45) is 0 Å². The number of hydrogen-bond donors (Lipinski definition) is 1. The molecule has 0 amide bonds. The van der Waals surface area contributed by atoms with Crippen molar-refractivity contribution in [3.63, 3.8) is 0 Å². The van der Waals surface area contributed by atoms with Crippen LogP contribution in [0.5, 0.6) is 11.5 Å². The molecule has 3 aromatic rings. The van der Waals surface area contributed by atoms with Gasteiger partial charge in [0.25, 0.3) is 0 Å². The molecule has 0 spiro atoms. The van der Waals surface area contributed by atoms with Gasteiger partial charge in [-0.25, -0.2) is 13.2 Å². The third-order valence-electron chi connectivity index (χ3n) is 4.97. The molecular weight excluding hydrogens is 444 g/mol. The van der Waals surface area contributed by atoms with Crippen LogP contribution in [0.4, 0.5) is 0 Å². The predicted molar refractivity (Wildman–Crippen MR) is 127 cm³/mol. The number of sulfone groups is 1. The molecule has 2 aromatic carbocycles. The first-order valence-electron chi connectivity index (χ1n) is 10.1. The fourth-order valence-electron chi connectivity index (χ4n) is 3.20. The Hall–Kier alpha value is -3.56. The third-order valence-corrected chi connectivity index (χ3v) is 6.38. The number of rotatable bonds is 9. The lowest BCUT2D eigenvalue weighted by atomic mass is 10.2. The van der Waals surface area contributed by atoms with Crippen LogP contribution in [-0.2, 0) is 16.4 Å². The van der Waals surface area contributed by atoms with Crippen molar-refractivity contribution in [2.45, 2.75) is 18.4 Å². The molecule has 0 unspecified atom stereocenters. The average Bonchev–Trinajstić information content (AvgIpc) is 3.10. The molecule has 0 fully saturated rings. The Kier molecular flexibility index (Phi) is 7.57. The first-order valence-corrected chi connectivity index (χ1v) is 11.6. The van der Waals surface area contributed by atoms with Crippen LogP contribution >= 0.6 is 0 Å². The van der Waals surface area contributed by atoms with E-state index in [1.165, 1.54) is 54.0 Å². The Morgan fingerprint density at radius 3 is 2.36 bits per heavy atom. The number of imidazole rings is 1. The number of hydrogen-bond acceptors (Lipinski definition) is 6. The van der Waals surface area contributed by atoms with E-state index in [0.717, 1.165) is 16.5 Å². The van der Waals surface area contributed by atoms with Gasteiger partial charge in [-0.2, -0.15) is 0 Å². The smallest absolute Gasteiger partial charge is 0.333 e. The number of aromatic nitrogens is 2. The zero-order valence-corrected chi connectivity index (χ0v) is 19.5. The van der Waals surface area contributed by atoms with E-state index in [0.29, 0.717) is 17.2 Å². The fourth-order valence-corrected chi connectivity index (χ4v) is 4.17. The van der Waals surface area contributed by atoms with Gasteiger partial charge in [0, 0.05) is 12.4 Å². The molecule has 0 aliphatic rings. The van der Waals surface area contributed by atoms with Gasteiger partial charge in [0.05, 0.1) is 43.4 Å². The van der Waals surface area contributed by atoms with Gasteiger partial charge in [-0.15, -0.1) is 0 Å². The molecule has 0 aliphatic heterocycles. The first-order chi connectivity index (χ1) is 15.8. The van der Waals surface area contributed by atoms with Crippen molar-refractivity contribution in [1.29, 1.82) is 0 Å². The molecule has 8 nitrogen and oxygen atoms in total. The van der Waals surface area contributed by atoms with Gasteiger partial charge in [0.1, 0.15) is 0 Å². The molecule has 0 saturated carbocycles. The summed E-state index contributed by atoms with van der Waals surface area (Å²) in [6.07, 6.45) is 5.83. The predicted octanol–water partition coefficient (Wildman–Crippen LogP) is 2.93. The van der Waals surface area contributed by atoms with Gasteiger partial charge in [-0.1, -0.05) is 29.8 Å². The van der Waals surface area contributed by atoms with E-state index in [9.17, 15) is 13.2 Å². The third kappa shape index (κ3) is 5.63. The zero-order valence-electron chi connectivity index (χ0n) is 18.6. The number of nitrogens with zero attached hydrogens (tertiary/aromatic N) is 2. The number of methoxy groups -OCH3 is 2. The van der Waals surface area contributed by atoms with E-state index in [4.69, 9.17) is 14.6 Å². The quantitative estimate of drug-likeness (QED) is 0.516. The molecule has 0 bridgehead atoms. The van der Waals surface area contributed by atoms with Crippen LogP contribution in [0, 0.1) is 6.92 Å². The molecule has 0 radical (unpaired) electrons. The lowest BCUT2D eigenvalue weighted by molar-refractivity contribution is 0.343. The van der Waals surface area contributed by atoms with Crippen LogP contribution in [0.1, 0.15) is 16.8 Å². The molecular formula is C24H26N2O6S. The van der Waals surface area contributed by atoms with Crippen LogP contribution in [-0.4, -0.2) is 43.5 Å². The van der Waals surface area contributed by atoms with Crippen LogP contribution in [0.15, 0.2) is 69.8 Å². The van der Waals surface area contributed by atoms with Crippen LogP contribution in [0.3, 0.4) is 0 Å². The number of ether oxygens (including phenoxy) is 2. The summed E-state index contributed by atoms with van der Waals surface area (Å²) < 4.78 is 38.5. The highest BCUT2D eigenvalue weighted by Crippen LogP contribution is 2.28. The summed E-state index contributed by atoms with van der Waals surface area (Å²) in [6, 6.07) is 11.8. The molecule has 3 rings (SSSR count). The number of aryl methyl sites for hydroxylation is 1. The molecule has 1 N–H and O–H groups in total. The maximum Gasteiger partial charge on any atom is 0.333 e. The molecule has 0 atom stereocenters. The Bertz CT molecular complexity index is 1330. The topological polar surface area (TPSA) is 99.8 Å². The fraction of sp³-hybridized carbons (Fsp3) is 0.208. The highest BCUT2D eigenvalue weighted by Gasteiger charge is 2.13. The van der Waals surface area contributed by atoms with E-state index in [-0.39, 0.29) is 18.0 Å². The Morgan fingerprint density at radius 2 is 1.73 bits per heavy atom. The van der Waals surface area contributed by atoms with E-state index in [1.54, 1.807) is 30.3 Å². The molecule has 0 saturated heterocycles. The molecule has 0 aliphatic carbocycles. The molecule has 33 heavy (non-hydrogen) atoms. The Labute approximate surface area is 192 Å². The highest BCUT2D eigenvalue weighted by atomic mass is 32.2. The molecule has 174 valence electrons. The zero-order chi connectivity index (χ0) is 24.0. The average molecular weight is 471 g/mol. The first kappa shape index (κ1) is 24.1. The monoisotopic (exact) mass is 470 g/mol. The second kappa shape index (κ2) is 10.4. The normalized spacial score (nSPS) is 12.0. The van der Waals surface area contributed by atoms with Gasteiger partial charge in [-0.3, -0.25) is 9.13 Å². The number of aliphatic hydroxyl groups excluding tert-OH is 1. The SMILES string of the molecule is COc1ccc(Cn2c(/C=C\CO)cn(/C=C/S(=O)(=O)c3ccc(C)cc3)c2=O)cc1OC. The van der Waals surface area contributed by atoms with Gasteiger partial charge in [-0.05, 0) is 42.8 Å². The van der Waals surface area contributed by atoms with Gasteiger partial charge in [0.15, 0.2) is 11.5 Å².